The van der Waals surface area contributed by atoms with Gasteiger partial charge in [0.1, 0.15) is 0 Å². The van der Waals surface area contributed by atoms with Crippen molar-refractivity contribution in [2.24, 2.45) is 5.92 Å². The fourth-order valence-corrected chi connectivity index (χ4v) is 1.43. The maximum absolute atomic E-state index is 11.3. The number of anilines is 1. The normalized spacial score (nSPS) is 12.1. The minimum absolute atomic E-state index is 0.186. The average Bonchev–Trinajstić information content (AvgIpc) is 2.29. The second-order valence-electron chi connectivity index (χ2n) is 4.02. The quantitative estimate of drug-likeness (QED) is 0.661. The van der Waals surface area contributed by atoms with Crippen LogP contribution >= 0.6 is 0 Å². The Morgan fingerprint density at radius 3 is 3.00 bits per heavy atom. The number of carboxylic acid groups (broad SMARTS) is 1. The summed E-state index contributed by atoms with van der Waals surface area (Å²) in [7, 11) is 0. The van der Waals surface area contributed by atoms with Crippen LogP contribution in [0.1, 0.15) is 26.2 Å². The number of carboxylic acids is 1. The molecule has 1 unspecified atom stereocenters. The molecule has 0 aliphatic rings. The number of rotatable bonds is 7. The predicted molar refractivity (Wildman–Crippen MR) is 64.0 cm³/mol. The molecule has 17 heavy (non-hydrogen) atoms. The molecule has 0 aliphatic heterocycles. The second-order valence-corrected chi connectivity index (χ2v) is 4.02. The van der Waals surface area contributed by atoms with Crippen molar-refractivity contribution in [3.8, 4) is 0 Å². The third kappa shape index (κ3) is 5.14. The van der Waals surface area contributed by atoms with Gasteiger partial charge in [-0.1, -0.05) is 6.92 Å². The van der Waals surface area contributed by atoms with Crippen LogP contribution in [0.3, 0.4) is 0 Å². The van der Waals surface area contributed by atoms with Crippen LogP contribution in [0.5, 0.6) is 0 Å². The number of hydrogen-bond donors (Lipinski definition) is 3. The van der Waals surface area contributed by atoms with Crippen molar-refractivity contribution in [1.82, 2.24) is 9.97 Å². The summed E-state index contributed by atoms with van der Waals surface area (Å²) < 4.78 is 0. The van der Waals surface area contributed by atoms with Crippen LogP contribution in [-0.4, -0.2) is 27.6 Å². The fraction of sp³-hybridized carbons (Fsp3) is 0.545. The first kappa shape index (κ1) is 13.2. The highest BCUT2D eigenvalue weighted by molar-refractivity contribution is 5.66. The summed E-state index contributed by atoms with van der Waals surface area (Å²) in [5, 5.41) is 11.5. The Morgan fingerprint density at radius 1 is 1.59 bits per heavy atom. The van der Waals surface area contributed by atoms with E-state index in [0.717, 1.165) is 6.42 Å². The van der Waals surface area contributed by atoms with Gasteiger partial charge in [-0.15, -0.1) is 0 Å². The number of aromatic nitrogens is 2. The highest BCUT2D eigenvalue weighted by Crippen LogP contribution is 2.09. The van der Waals surface area contributed by atoms with Crippen molar-refractivity contribution in [2.45, 2.75) is 26.2 Å². The summed E-state index contributed by atoms with van der Waals surface area (Å²) in [5.74, 6) is -0.162. The number of hydrogen-bond acceptors (Lipinski definition) is 4. The molecule has 0 amide bonds. The lowest BCUT2D eigenvalue weighted by Crippen LogP contribution is -2.17. The van der Waals surface area contributed by atoms with Gasteiger partial charge in [-0.2, -0.15) is 0 Å². The van der Waals surface area contributed by atoms with Crippen LogP contribution in [0.25, 0.3) is 0 Å². The molecule has 0 saturated heterocycles. The Hall–Kier alpha value is -1.85. The van der Waals surface area contributed by atoms with E-state index in [4.69, 9.17) is 5.11 Å². The molecule has 0 fully saturated rings. The van der Waals surface area contributed by atoms with E-state index in [1.54, 1.807) is 0 Å². The van der Waals surface area contributed by atoms with Crippen LogP contribution in [0.2, 0.25) is 0 Å². The average molecular weight is 239 g/mol. The minimum Gasteiger partial charge on any atom is -0.481 e. The van der Waals surface area contributed by atoms with Gasteiger partial charge in [0.2, 0.25) is 0 Å². The van der Waals surface area contributed by atoms with E-state index in [9.17, 15) is 9.59 Å². The van der Waals surface area contributed by atoms with Gasteiger partial charge in [-0.25, -0.2) is 4.98 Å². The maximum atomic E-state index is 11.3. The zero-order chi connectivity index (χ0) is 12.7. The van der Waals surface area contributed by atoms with Crippen molar-refractivity contribution in [2.75, 3.05) is 11.9 Å². The fourth-order valence-electron chi connectivity index (χ4n) is 1.43. The van der Waals surface area contributed by atoms with Gasteiger partial charge in [0, 0.05) is 25.4 Å². The summed E-state index contributed by atoms with van der Waals surface area (Å²) in [6.45, 7) is 2.61. The van der Waals surface area contributed by atoms with Crippen LogP contribution in [-0.2, 0) is 4.79 Å². The number of nitrogens with one attached hydrogen (secondary N) is 2. The Balaban J connectivity index is 2.26. The molecule has 6 nitrogen and oxygen atoms in total. The lowest BCUT2D eigenvalue weighted by atomic mass is 10.0. The first-order chi connectivity index (χ1) is 8.09. The molecule has 1 rings (SSSR count). The maximum Gasteiger partial charge on any atom is 0.303 e. The van der Waals surface area contributed by atoms with Gasteiger partial charge in [0.05, 0.1) is 0 Å². The first-order valence-corrected chi connectivity index (χ1v) is 5.59. The zero-order valence-corrected chi connectivity index (χ0v) is 9.77. The Kier molecular flexibility index (Phi) is 5.19. The second kappa shape index (κ2) is 6.67. The van der Waals surface area contributed by atoms with Gasteiger partial charge >= 0.3 is 5.97 Å². The van der Waals surface area contributed by atoms with Crippen molar-refractivity contribution >= 4 is 11.8 Å². The smallest absolute Gasteiger partial charge is 0.303 e. The van der Waals surface area contributed by atoms with Crippen LogP contribution in [0.15, 0.2) is 17.2 Å². The van der Waals surface area contributed by atoms with E-state index < -0.39 is 5.97 Å². The Bertz CT molecular complexity index is 416. The van der Waals surface area contributed by atoms with Crippen LogP contribution in [0.4, 0.5) is 5.82 Å². The SMILES string of the molecule is CC(CCNc1ncc[nH]c1=O)CCC(=O)O. The molecule has 3 N–H and O–H groups in total. The molecule has 1 aromatic heterocycles. The summed E-state index contributed by atoms with van der Waals surface area (Å²) in [5.41, 5.74) is -0.245. The molecule has 0 radical (unpaired) electrons. The van der Waals surface area contributed by atoms with Gasteiger partial charge in [0.25, 0.3) is 5.56 Å². The van der Waals surface area contributed by atoms with Crippen molar-refractivity contribution in [1.29, 1.82) is 0 Å². The van der Waals surface area contributed by atoms with Gasteiger partial charge in [-0.05, 0) is 18.8 Å². The summed E-state index contributed by atoms with van der Waals surface area (Å²) in [4.78, 5) is 28.0. The third-order valence-electron chi connectivity index (χ3n) is 2.49. The molecular weight excluding hydrogens is 222 g/mol. The molecule has 0 aromatic carbocycles. The van der Waals surface area contributed by atoms with Crippen LogP contribution in [0, 0.1) is 5.92 Å². The molecule has 1 atom stereocenters. The molecule has 1 aromatic rings. The number of H-pyrrole nitrogens is 1. The molecule has 0 spiro atoms. The molecule has 1 heterocycles. The van der Waals surface area contributed by atoms with E-state index in [0.29, 0.717) is 24.7 Å². The zero-order valence-electron chi connectivity index (χ0n) is 9.77. The Labute approximate surface area is 99.1 Å². The summed E-state index contributed by atoms with van der Waals surface area (Å²) in [6, 6.07) is 0. The van der Waals surface area contributed by atoms with E-state index in [-0.39, 0.29) is 12.0 Å². The third-order valence-corrected chi connectivity index (χ3v) is 2.49. The van der Waals surface area contributed by atoms with E-state index in [2.05, 4.69) is 15.3 Å². The Morgan fingerprint density at radius 2 is 2.35 bits per heavy atom. The van der Waals surface area contributed by atoms with E-state index >= 15 is 0 Å². The van der Waals surface area contributed by atoms with Crippen molar-refractivity contribution < 1.29 is 9.90 Å². The largest absolute Gasteiger partial charge is 0.481 e. The van der Waals surface area contributed by atoms with Gasteiger partial charge < -0.3 is 15.4 Å². The predicted octanol–water partition coefficient (Wildman–Crippen LogP) is 1.07. The standard InChI is InChI=1S/C11H17N3O3/c1-8(2-3-9(15)16)4-5-12-10-11(17)14-7-6-13-10/h6-8H,2-5H2,1H3,(H,12,13)(H,14,17)(H,15,16). The van der Waals surface area contributed by atoms with Crippen LogP contribution < -0.4 is 10.9 Å². The van der Waals surface area contributed by atoms with Gasteiger partial charge in [0.15, 0.2) is 5.82 Å². The number of aromatic amines is 1. The minimum atomic E-state index is -0.772. The van der Waals surface area contributed by atoms with E-state index in [1.165, 1.54) is 12.4 Å². The molecule has 94 valence electrons. The van der Waals surface area contributed by atoms with Gasteiger partial charge in [-0.3, -0.25) is 9.59 Å². The van der Waals surface area contributed by atoms with Crippen molar-refractivity contribution in [3.05, 3.63) is 22.7 Å². The van der Waals surface area contributed by atoms with Crippen molar-refractivity contribution in [3.63, 3.8) is 0 Å². The summed E-state index contributed by atoms with van der Waals surface area (Å²) in [6.07, 6.45) is 4.63. The first-order valence-electron chi connectivity index (χ1n) is 5.59. The molecule has 0 bridgehead atoms. The monoisotopic (exact) mass is 239 g/mol. The number of nitrogens with zero attached hydrogens (tertiary/aromatic N) is 1. The molecule has 0 aliphatic carbocycles. The lowest BCUT2D eigenvalue weighted by Gasteiger charge is -2.10. The highest BCUT2D eigenvalue weighted by Gasteiger charge is 2.06. The molecule has 6 heteroatoms. The summed E-state index contributed by atoms with van der Waals surface area (Å²) >= 11 is 0. The lowest BCUT2D eigenvalue weighted by molar-refractivity contribution is -0.137. The topological polar surface area (TPSA) is 95.1 Å². The number of carbonyl (C=O) groups is 1. The number of aliphatic carboxylic acids is 1. The highest BCUT2D eigenvalue weighted by atomic mass is 16.4. The van der Waals surface area contributed by atoms with E-state index in [1.807, 2.05) is 6.92 Å². The molecule has 0 saturated carbocycles. The molecular formula is C11H17N3O3.